The fourth-order valence-electron chi connectivity index (χ4n) is 2.46. The van der Waals surface area contributed by atoms with Crippen molar-refractivity contribution in [1.29, 1.82) is 0 Å². The summed E-state index contributed by atoms with van der Waals surface area (Å²) < 4.78 is 5.71. The topological polar surface area (TPSA) is 108 Å². The molecule has 0 radical (unpaired) electrons. The molecule has 0 atom stereocenters. The van der Waals surface area contributed by atoms with Gasteiger partial charge in [0.25, 0.3) is 5.89 Å². The fraction of sp³-hybridized carbons (Fsp3) is 0. The second kappa shape index (κ2) is 6.56. The SMILES string of the molecule is NC(=O)c1cccc(-c2cncc(-c3nnc(-c4ccccc4)o3)n2)c1. The Balaban J connectivity index is 1.70. The second-order valence-corrected chi connectivity index (χ2v) is 5.51. The van der Waals surface area contributed by atoms with Gasteiger partial charge in [0.05, 0.1) is 18.1 Å². The van der Waals surface area contributed by atoms with Gasteiger partial charge in [-0.15, -0.1) is 10.2 Å². The van der Waals surface area contributed by atoms with Crippen LogP contribution in [0.4, 0.5) is 0 Å². The normalized spacial score (nSPS) is 10.6. The van der Waals surface area contributed by atoms with Gasteiger partial charge in [0.15, 0.2) is 0 Å². The maximum atomic E-state index is 11.4. The molecule has 2 heterocycles. The molecule has 4 rings (SSSR count). The van der Waals surface area contributed by atoms with E-state index in [1.165, 1.54) is 0 Å². The quantitative estimate of drug-likeness (QED) is 0.610. The molecule has 7 heteroatoms. The minimum absolute atomic E-state index is 0.268. The molecular formula is C19H13N5O2. The van der Waals surface area contributed by atoms with Gasteiger partial charge in [-0.3, -0.25) is 9.78 Å². The molecule has 0 aliphatic carbocycles. The molecule has 26 heavy (non-hydrogen) atoms. The third-order valence-corrected chi connectivity index (χ3v) is 3.74. The van der Waals surface area contributed by atoms with Crippen LogP contribution in [0.15, 0.2) is 71.4 Å². The van der Waals surface area contributed by atoms with Gasteiger partial charge in [0.1, 0.15) is 5.69 Å². The van der Waals surface area contributed by atoms with E-state index < -0.39 is 5.91 Å². The molecule has 2 N–H and O–H groups in total. The largest absolute Gasteiger partial charge is 0.415 e. The van der Waals surface area contributed by atoms with Crippen LogP contribution in [0.1, 0.15) is 10.4 Å². The van der Waals surface area contributed by atoms with E-state index in [0.717, 1.165) is 11.1 Å². The van der Waals surface area contributed by atoms with Crippen LogP contribution in [-0.4, -0.2) is 26.1 Å². The first-order valence-corrected chi connectivity index (χ1v) is 7.82. The standard InChI is InChI=1S/C19H13N5O2/c20-17(25)14-8-4-7-13(9-14)15-10-21-11-16(22-15)19-24-23-18(26-19)12-5-2-1-3-6-12/h1-11H,(H2,20,25). The first-order valence-electron chi connectivity index (χ1n) is 7.82. The molecule has 4 aromatic rings. The Bertz CT molecular complexity index is 1080. The summed E-state index contributed by atoms with van der Waals surface area (Å²) in [5.74, 6) is 0.174. The van der Waals surface area contributed by atoms with Crippen LogP contribution < -0.4 is 5.73 Å². The number of amides is 1. The van der Waals surface area contributed by atoms with Gasteiger partial charge in [0, 0.05) is 16.7 Å². The number of nitrogens with zero attached hydrogens (tertiary/aromatic N) is 4. The number of carbonyl (C=O) groups excluding carboxylic acids is 1. The fourth-order valence-corrected chi connectivity index (χ4v) is 2.46. The predicted molar refractivity (Wildman–Crippen MR) is 94.7 cm³/mol. The lowest BCUT2D eigenvalue weighted by Gasteiger charge is -2.03. The van der Waals surface area contributed by atoms with Crippen molar-refractivity contribution in [3.05, 3.63) is 72.6 Å². The maximum Gasteiger partial charge on any atom is 0.268 e. The smallest absolute Gasteiger partial charge is 0.268 e. The van der Waals surface area contributed by atoms with Crippen LogP contribution >= 0.6 is 0 Å². The van der Waals surface area contributed by atoms with Crippen molar-refractivity contribution in [1.82, 2.24) is 20.2 Å². The average Bonchev–Trinajstić information content (AvgIpc) is 3.19. The highest BCUT2D eigenvalue weighted by Crippen LogP contribution is 2.24. The summed E-state index contributed by atoms with van der Waals surface area (Å²) in [5, 5.41) is 8.11. The maximum absolute atomic E-state index is 11.4. The Morgan fingerprint density at radius 1 is 0.846 bits per heavy atom. The molecule has 0 saturated carbocycles. The number of hydrogen-bond donors (Lipinski definition) is 1. The lowest BCUT2D eigenvalue weighted by Crippen LogP contribution is -2.10. The third-order valence-electron chi connectivity index (χ3n) is 3.74. The van der Waals surface area contributed by atoms with Crippen molar-refractivity contribution in [3.8, 4) is 34.3 Å². The minimum Gasteiger partial charge on any atom is -0.415 e. The summed E-state index contributed by atoms with van der Waals surface area (Å²) in [7, 11) is 0. The summed E-state index contributed by atoms with van der Waals surface area (Å²) in [4.78, 5) is 20.1. The number of aromatic nitrogens is 4. The van der Waals surface area contributed by atoms with Crippen molar-refractivity contribution in [3.63, 3.8) is 0 Å². The van der Waals surface area contributed by atoms with Crippen LogP contribution in [0.5, 0.6) is 0 Å². The van der Waals surface area contributed by atoms with Gasteiger partial charge in [0.2, 0.25) is 11.8 Å². The van der Waals surface area contributed by atoms with E-state index in [1.807, 2.05) is 36.4 Å². The highest BCUT2D eigenvalue weighted by molar-refractivity contribution is 5.94. The molecule has 0 saturated heterocycles. The van der Waals surface area contributed by atoms with Gasteiger partial charge < -0.3 is 10.2 Å². The second-order valence-electron chi connectivity index (χ2n) is 5.51. The highest BCUT2D eigenvalue weighted by Gasteiger charge is 2.13. The summed E-state index contributed by atoms with van der Waals surface area (Å²) in [6, 6.07) is 16.3. The lowest BCUT2D eigenvalue weighted by molar-refractivity contribution is 0.100. The van der Waals surface area contributed by atoms with Crippen molar-refractivity contribution >= 4 is 5.91 Å². The number of benzene rings is 2. The van der Waals surface area contributed by atoms with Gasteiger partial charge >= 0.3 is 0 Å². The highest BCUT2D eigenvalue weighted by atomic mass is 16.4. The zero-order valence-corrected chi connectivity index (χ0v) is 13.5. The number of nitrogens with two attached hydrogens (primary N) is 1. The summed E-state index contributed by atoms with van der Waals surface area (Å²) >= 11 is 0. The molecule has 7 nitrogen and oxygen atoms in total. The first-order chi connectivity index (χ1) is 12.7. The molecule has 2 aromatic heterocycles. The van der Waals surface area contributed by atoms with Crippen molar-refractivity contribution in [2.45, 2.75) is 0 Å². The average molecular weight is 343 g/mol. The minimum atomic E-state index is -0.500. The van der Waals surface area contributed by atoms with Crippen LogP contribution in [0, 0.1) is 0 Å². The van der Waals surface area contributed by atoms with Gasteiger partial charge in [-0.25, -0.2) is 4.98 Å². The third kappa shape index (κ3) is 3.05. The zero-order valence-electron chi connectivity index (χ0n) is 13.5. The van der Waals surface area contributed by atoms with Gasteiger partial charge in [-0.05, 0) is 24.3 Å². The lowest BCUT2D eigenvalue weighted by atomic mass is 10.1. The van der Waals surface area contributed by atoms with Gasteiger partial charge in [-0.1, -0.05) is 30.3 Å². The molecule has 0 fully saturated rings. The monoisotopic (exact) mass is 343 g/mol. The molecule has 126 valence electrons. The molecule has 1 amide bonds. The Kier molecular flexibility index (Phi) is 3.95. The number of hydrogen-bond acceptors (Lipinski definition) is 6. The number of rotatable bonds is 4. The number of primary amides is 1. The van der Waals surface area contributed by atoms with Crippen molar-refractivity contribution in [2.24, 2.45) is 5.73 Å². The van der Waals surface area contributed by atoms with Crippen LogP contribution in [-0.2, 0) is 0 Å². The van der Waals surface area contributed by atoms with E-state index in [2.05, 4.69) is 20.2 Å². The molecule has 0 aliphatic rings. The van der Waals surface area contributed by atoms with Crippen LogP contribution in [0.2, 0.25) is 0 Å². The summed E-state index contributed by atoms with van der Waals surface area (Å²) in [5.41, 5.74) is 8.30. The van der Waals surface area contributed by atoms with E-state index in [-0.39, 0.29) is 5.89 Å². The summed E-state index contributed by atoms with van der Waals surface area (Å²) in [6.07, 6.45) is 3.14. The Morgan fingerprint density at radius 3 is 2.38 bits per heavy atom. The molecule has 0 unspecified atom stereocenters. The van der Waals surface area contributed by atoms with Crippen LogP contribution in [0.25, 0.3) is 34.3 Å². The van der Waals surface area contributed by atoms with E-state index in [1.54, 1.807) is 30.6 Å². The molecule has 0 aliphatic heterocycles. The Morgan fingerprint density at radius 2 is 1.58 bits per heavy atom. The van der Waals surface area contributed by atoms with E-state index in [4.69, 9.17) is 10.2 Å². The van der Waals surface area contributed by atoms with E-state index in [9.17, 15) is 4.79 Å². The summed E-state index contributed by atoms with van der Waals surface area (Å²) in [6.45, 7) is 0. The van der Waals surface area contributed by atoms with Crippen molar-refractivity contribution in [2.75, 3.05) is 0 Å². The van der Waals surface area contributed by atoms with Crippen molar-refractivity contribution < 1.29 is 9.21 Å². The molecule has 2 aromatic carbocycles. The molecular weight excluding hydrogens is 330 g/mol. The van der Waals surface area contributed by atoms with Gasteiger partial charge in [-0.2, -0.15) is 0 Å². The first kappa shape index (κ1) is 15.6. The van der Waals surface area contributed by atoms with E-state index >= 15 is 0 Å². The zero-order chi connectivity index (χ0) is 17.9. The number of carbonyl (C=O) groups is 1. The predicted octanol–water partition coefficient (Wildman–Crippen LogP) is 2.96. The Hall–Kier alpha value is -3.87. The van der Waals surface area contributed by atoms with E-state index in [0.29, 0.717) is 22.8 Å². The molecule has 0 bridgehead atoms. The van der Waals surface area contributed by atoms with Crippen LogP contribution in [0.3, 0.4) is 0 Å². The Labute approximate surface area is 148 Å². The molecule has 0 spiro atoms.